The normalized spacial score (nSPS) is 14.9. The topological polar surface area (TPSA) is 473 Å². The molecule has 1 heterocycles. The Morgan fingerprint density at radius 2 is 1.16 bits per heavy atom. The summed E-state index contributed by atoms with van der Waals surface area (Å²) in [5.74, 6) is -5.85. The van der Waals surface area contributed by atoms with Gasteiger partial charge in [0, 0.05) is 38.6 Å². The van der Waals surface area contributed by atoms with Crippen molar-refractivity contribution in [3.8, 4) is 17.2 Å². The first-order valence-corrected chi connectivity index (χ1v) is 41.4. The number of likely N-dealkylation sites (tertiary alicyclic amines) is 1. The van der Waals surface area contributed by atoms with Gasteiger partial charge in [0.1, 0.15) is 11.8 Å². The average Bonchev–Trinajstić information content (AvgIpc) is 0.773. The van der Waals surface area contributed by atoms with Gasteiger partial charge in [-0.1, -0.05) is 165 Å². The maximum Gasteiger partial charge on any atom is 0.336 e. The minimum Gasteiger partial charge on any atom is -0.494 e. The largest absolute Gasteiger partial charge is 0.494 e. The molecule has 5 aromatic carbocycles. The third kappa shape index (κ3) is 38.1. The van der Waals surface area contributed by atoms with Crippen LogP contribution < -0.4 is 19.9 Å². The maximum atomic E-state index is 12.4. The lowest BCUT2D eigenvalue weighted by Gasteiger charge is -2.49. The Balaban J connectivity index is 0.000000386. The van der Waals surface area contributed by atoms with E-state index in [1.807, 2.05) is 49.4 Å². The van der Waals surface area contributed by atoms with Crippen LogP contribution in [0.1, 0.15) is 268 Å². The average molecular weight is 1620 g/mol. The summed E-state index contributed by atoms with van der Waals surface area (Å²) in [6.45, 7) is 9.60. The third-order valence-corrected chi connectivity index (χ3v) is 22.6. The fraction of sp³-hybridized carbons (Fsp3) is 0.565. The Hall–Kier alpha value is -9.50. The zero-order chi connectivity index (χ0) is 84.8. The van der Waals surface area contributed by atoms with E-state index in [0.29, 0.717) is 94.1 Å². The van der Waals surface area contributed by atoms with E-state index in [-0.39, 0.29) is 64.8 Å². The van der Waals surface area contributed by atoms with E-state index in [0.717, 1.165) is 145 Å². The summed E-state index contributed by atoms with van der Waals surface area (Å²) < 4.78 is 28.7. The van der Waals surface area contributed by atoms with Crippen molar-refractivity contribution in [2.45, 2.75) is 251 Å². The number of unbranched alkanes of at least 4 members (excludes halogenated alkanes) is 10. The molecule has 1 aliphatic heterocycles. The second-order valence-corrected chi connectivity index (χ2v) is 31.7. The van der Waals surface area contributed by atoms with E-state index in [1.54, 1.807) is 30.0 Å². The molecule has 0 bridgehead atoms. The number of aryl methyl sites for hydroxylation is 2. The molecule has 3 fully saturated rings. The maximum absolute atomic E-state index is 12.4. The van der Waals surface area contributed by atoms with Crippen molar-refractivity contribution in [2.75, 3.05) is 33.4 Å². The van der Waals surface area contributed by atoms with E-state index in [2.05, 4.69) is 6.92 Å². The molecule has 3 aliphatic rings. The molecule has 1 spiro atoms. The van der Waals surface area contributed by atoms with Crippen molar-refractivity contribution < 1.29 is 117 Å². The van der Waals surface area contributed by atoms with Crippen LogP contribution in [0.4, 0.5) is 5.69 Å². The summed E-state index contributed by atoms with van der Waals surface area (Å²) in [4.78, 5) is 129. The number of hydrogen-bond donors (Lipinski definition) is 11. The van der Waals surface area contributed by atoms with Crippen LogP contribution in [0, 0.1) is 39.7 Å². The van der Waals surface area contributed by atoms with Gasteiger partial charge in [-0.05, 0) is 178 Å². The molecule has 3 unspecified atom stereocenters. The van der Waals surface area contributed by atoms with E-state index in [9.17, 15) is 67.6 Å². The van der Waals surface area contributed by atoms with Crippen LogP contribution in [0.25, 0.3) is 10.8 Å². The van der Waals surface area contributed by atoms with Crippen LogP contribution >= 0.6 is 7.60 Å². The number of fused-ring (bicyclic) bond motifs is 1. The number of carbonyl (C=O) groups is 9. The van der Waals surface area contributed by atoms with Crippen LogP contribution in [-0.4, -0.2) is 159 Å². The first kappa shape index (κ1) is 98.7. The molecular weight excluding hydrogens is 1490 g/mol. The zero-order valence-electron chi connectivity index (χ0n) is 66.8. The van der Waals surface area contributed by atoms with Gasteiger partial charge in [0.2, 0.25) is 5.91 Å². The Morgan fingerprint density at radius 1 is 0.596 bits per heavy atom. The number of piperidine rings is 1. The molecule has 5 aromatic rings. The number of non-ortho nitro benzene ring substituents is 1. The van der Waals surface area contributed by atoms with Crippen molar-refractivity contribution >= 4 is 77.7 Å². The fourth-order valence-corrected chi connectivity index (χ4v) is 16.3. The van der Waals surface area contributed by atoms with Gasteiger partial charge in [-0.3, -0.25) is 43.4 Å². The lowest BCUT2D eigenvalue weighted by Crippen LogP contribution is -2.40. The number of carboxylic acid groups (broad SMARTS) is 8. The Bertz CT molecular complexity index is 3820. The molecule has 3 atom stereocenters. The predicted molar refractivity (Wildman–Crippen MR) is 432 cm³/mol. The van der Waals surface area contributed by atoms with Gasteiger partial charge in [0.15, 0.2) is 11.5 Å². The van der Waals surface area contributed by atoms with Crippen LogP contribution in [0.2, 0.25) is 0 Å². The smallest absolute Gasteiger partial charge is 0.336 e. The summed E-state index contributed by atoms with van der Waals surface area (Å²) in [5, 5.41) is 83.5. The number of carbonyl (C=O) groups excluding carboxylic acids is 1. The molecule has 114 heavy (non-hydrogen) atoms. The number of hydrogen-bond acceptors (Lipinski definition) is 16. The van der Waals surface area contributed by atoms with E-state index < -0.39 is 77.4 Å². The summed E-state index contributed by atoms with van der Waals surface area (Å²) in [5.41, 5.74) is 6.45. The van der Waals surface area contributed by atoms with Gasteiger partial charge in [-0.2, -0.15) is 0 Å². The molecule has 28 nitrogen and oxygen atoms in total. The highest BCUT2D eigenvalue weighted by Gasteiger charge is 2.47. The lowest BCUT2D eigenvalue weighted by molar-refractivity contribution is -0.384. The van der Waals surface area contributed by atoms with E-state index >= 15 is 0 Å². The molecule has 8 rings (SSSR count). The molecule has 1 saturated heterocycles. The highest BCUT2D eigenvalue weighted by atomic mass is 31.2. The summed E-state index contributed by atoms with van der Waals surface area (Å²) in [7, 11) is -2.76. The van der Waals surface area contributed by atoms with Gasteiger partial charge >= 0.3 is 55.4 Å². The number of nitrogens with two attached hydrogens (primary N) is 1. The van der Waals surface area contributed by atoms with Crippen LogP contribution in [0.15, 0.2) is 103 Å². The monoisotopic (exact) mass is 1620 g/mol. The number of amides is 1. The van der Waals surface area contributed by atoms with Gasteiger partial charge in [-0.15, -0.1) is 0 Å². The number of nitrogens with zero attached hydrogens (tertiary/aromatic N) is 2. The molecule has 0 radical (unpaired) electrons. The van der Waals surface area contributed by atoms with Crippen molar-refractivity contribution in [3.05, 3.63) is 141 Å². The Morgan fingerprint density at radius 3 is 1.69 bits per heavy atom. The second-order valence-electron chi connectivity index (χ2n) is 29.9. The molecule has 632 valence electrons. The number of methoxy groups -OCH3 is 1. The highest BCUT2D eigenvalue weighted by molar-refractivity contribution is 7.52. The Kier molecular flexibility index (Phi) is 45.7. The molecule has 2 saturated carbocycles. The number of aromatic carboxylic acids is 3. The van der Waals surface area contributed by atoms with Gasteiger partial charge in [0.25, 0.3) is 5.69 Å². The van der Waals surface area contributed by atoms with Gasteiger partial charge in [-0.25, -0.2) is 14.4 Å². The third-order valence-electron chi connectivity index (χ3n) is 21.0. The molecular formula is C85H122N3O25P. The zero-order valence-corrected chi connectivity index (χ0v) is 67.7. The van der Waals surface area contributed by atoms with Crippen molar-refractivity contribution in [3.63, 3.8) is 0 Å². The van der Waals surface area contributed by atoms with Crippen LogP contribution in [-0.2, 0) is 39.8 Å². The number of benzene rings is 5. The van der Waals surface area contributed by atoms with Crippen molar-refractivity contribution in [2.24, 2.45) is 28.4 Å². The van der Waals surface area contributed by atoms with Crippen LogP contribution in [0.5, 0.6) is 17.2 Å². The van der Waals surface area contributed by atoms with Crippen molar-refractivity contribution in [1.29, 1.82) is 0 Å². The standard InChI is InChI=1S/C31H54NO9P.C15H24O4.C13H12O2.C10H12O3.C8H7NO4.C8H13NO3/c1-3-4-16-24(29(42(37,38)39)19-14-13-18-26(32)31(35)36)17-12-10-8-6-5-7-9-11-15-22-41-27-21-20-25(30(33)34)23-28(27)40-2;16-12(17)9-15(10-13(18)19)8-4-7-14(11-15)5-2-1-3-6-14;14-13(15)9-8-11-6-3-5-10-4-1-2-7-12(10)11;1-2-7-13-9-5-3-8(4-6-9)10(11)12;1-5-2-3-6(9(12)13)4-7(5)8(10)11;1-6(10)9-4-2-7(3-5-9)8(11)12/h20-21,23-24,26,29H,3-19,22,32H2,1-2H3,(H,33,34)(H,35,36)(H2,37,38,39);1-11H2,(H,16,17)(H,18,19);1-7H,8-9H2,(H,14,15);3-6H,2,7H2,1H3,(H,11,12);2-4H,1H3,(H,10,11);7H,2-5H2,1H3,(H,11,12). The molecule has 29 heteroatoms. The second kappa shape index (κ2) is 52.8. The highest BCUT2D eigenvalue weighted by Crippen LogP contribution is 2.56. The number of nitro benzene ring substituents is 1. The first-order chi connectivity index (χ1) is 54.1. The number of ether oxygens (including phenoxy) is 3. The summed E-state index contributed by atoms with van der Waals surface area (Å²) in [6, 6.07) is 27.9. The predicted octanol–water partition coefficient (Wildman–Crippen LogP) is 17.4. The minimum atomic E-state index is -4.25. The minimum absolute atomic E-state index is 0.0149. The lowest BCUT2D eigenvalue weighted by atomic mass is 9.55. The SMILES string of the molecule is CC(=O)N1CCC(C(=O)O)CC1.CCCCC(CCCCCCCCCCCOc1ccc(C(=O)O)cc1OC)C(CCCCC(N)C(=O)O)P(=O)(O)O.CCCOc1ccc(C(=O)O)cc1.Cc1ccc([N+](=O)[O-])cc1C(=O)O.O=C(O)CC1(CC(=O)O)CCCC2(CCCCC2)C1.O=C(O)CCc1cccc2ccccc12. The molecule has 2 aliphatic carbocycles. The summed E-state index contributed by atoms with van der Waals surface area (Å²) >= 11 is 0. The van der Waals surface area contributed by atoms with Crippen molar-refractivity contribution in [1.82, 2.24) is 4.90 Å². The quantitative estimate of drug-likeness (QED) is 0.00751. The first-order valence-electron chi connectivity index (χ1n) is 39.7. The number of nitro groups is 1. The van der Waals surface area contributed by atoms with E-state index in [4.69, 9.17) is 60.8 Å². The molecule has 1 amide bonds. The molecule has 12 N–H and O–H groups in total. The number of aliphatic carboxylic acids is 5. The Labute approximate surface area is 668 Å². The van der Waals surface area contributed by atoms with Gasteiger partial charge in [0.05, 0.1) is 66.4 Å². The fourth-order valence-electron chi connectivity index (χ4n) is 15.0. The number of rotatable bonds is 40. The van der Waals surface area contributed by atoms with E-state index in [1.165, 1.54) is 75.1 Å². The van der Waals surface area contributed by atoms with Gasteiger partial charge < -0.3 is 75.5 Å². The summed E-state index contributed by atoms with van der Waals surface area (Å²) in [6.07, 6.45) is 27.8. The number of carboxylic acids is 8. The van der Waals surface area contributed by atoms with Crippen LogP contribution in [0.3, 0.4) is 0 Å². The molecule has 0 aromatic heterocycles.